The first-order valence-corrected chi connectivity index (χ1v) is 7.23. The number of pyridine rings is 1. The molecule has 3 N–H and O–H groups in total. The van der Waals surface area contributed by atoms with Gasteiger partial charge in [0.05, 0.1) is 5.75 Å². The highest BCUT2D eigenvalue weighted by molar-refractivity contribution is 9.10. The highest BCUT2D eigenvalue weighted by atomic mass is 79.9. The van der Waals surface area contributed by atoms with Gasteiger partial charge in [-0.25, -0.2) is 10.8 Å². The average molecular weight is 342 g/mol. The lowest BCUT2D eigenvalue weighted by Gasteiger charge is -2.00. The minimum atomic E-state index is -0.423. The molecule has 0 unspecified atom stereocenters. The van der Waals surface area contributed by atoms with Gasteiger partial charge in [-0.2, -0.15) is 0 Å². The Morgan fingerprint density at radius 2 is 2.42 bits per heavy atom. The van der Waals surface area contributed by atoms with E-state index in [1.165, 1.54) is 11.8 Å². The van der Waals surface area contributed by atoms with Crippen LogP contribution in [0.2, 0.25) is 0 Å². The molecular formula is C12H12BrN3O2S. The SMILES string of the molecule is Cc1cc(CSc2ncccc2Br)oc1C(=O)NN. The van der Waals surface area contributed by atoms with Crippen LogP contribution in [0.4, 0.5) is 0 Å². The largest absolute Gasteiger partial charge is 0.455 e. The second-order valence-corrected chi connectivity index (χ2v) is 5.60. The van der Waals surface area contributed by atoms with Crippen LogP contribution in [0.25, 0.3) is 0 Å². The fraction of sp³-hybridized carbons (Fsp3) is 0.167. The maximum atomic E-state index is 11.4. The van der Waals surface area contributed by atoms with Crippen LogP contribution in [0.15, 0.2) is 38.3 Å². The first kappa shape index (κ1) is 14.1. The van der Waals surface area contributed by atoms with Gasteiger partial charge in [0.2, 0.25) is 0 Å². The summed E-state index contributed by atoms with van der Waals surface area (Å²) in [4.78, 5) is 15.7. The van der Waals surface area contributed by atoms with Crippen LogP contribution in [-0.4, -0.2) is 10.9 Å². The number of carbonyl (C=O) groups is 1. The second kappa shape index (κ2) is 6.23. The number of nitrogens with two attached hydrogens (primary N) is 1. The zero-order valence-corrected chi connectivity index (χ0v) is 12.5. The van der Waals surface area contributed by atoms with E-state index in [1.54, 1.807) is 13.1 Å². The van der Waals surface area contributed by atoms with Crippen molar-refractivity contribution >= 4 is 33.6 Å². The van der Waals surface area contributed by atoms with E-state index in [4.69, 9.17) is 10.3 Å². The Balaban J connectivity index is 2.09. The van der Waals surface area contributed by atoms with E-state index in [1.807, 2.05) is 18.2 Å². The van der Waals surface area contributed by atoms with E-state index >= 15 is 0 Å². The molecule has 0 saturated carbocycles. The Labute approximate surface area is 123 Å². The molecule has 2 aromatic rings. The van der Waals surface area contributed by atoms with Crippen molar-refractivity contribution in [3.63, 3.8) is 0 Å². The van der Waals surface area contributed by atoms with Crippen LogP contribution < -0.4 is 11.3 Å². The Kier molecular flexibility index (Phi) is 4.62. The van der Waals surface area contributed by atoms with Gasteiger partial charge >= 0.3 is 5.91 Å². The van der Waals surface area contributed by atoms with E-state index in [0.717, 1.165) is 15.1 Å². The summed E-state index contributed by atoms with van der Waals surface area (Å²) in [5.74, 6) is 6.21. The van der Waals surface area contributed by atoms with Gasteiger partial charge in [-0.15, -0.1) is 0 Å². The molecule has 7 heteroatoms. The van der Waals surface area contributed by atoms with Crippen molar-refractivity contribution in [3.05, 3.63) is 46.0 Å². The predicted molar refractivity (Wildman–Crippen MR) is 76.6 cm³/mol. The average Bonchev–Trinajstić information content (AvgIpc) is 2.78. The summed E-state index contributed by atoms with van der Waals surface area (Å²) in [6.45, 7) is 1.80. The normalized spacial score (nSPS) is 10.5. The number of rotatable bonds is 4. The number of aryl methyl sites for hydroxylation is 1. The maximum Gasteiger partial charge on any atom is 0.301 e. The molecule has 0 aromatic carbocycles. The molecule has 0 spiro atoms. The topological polar surface area (TPSA) is 81.2 Å². The molecule has 0 aliphatic heterocycles. The van der Waals surface area contributed by atoms with Gasteiger partial charge < -0.3 is 4.42 Å². The number of nitrogens with one attached hydrogen (secondary N) is 1. The lowest BCUT2D eigenvalue weighted by atomic mass is 10.2. The summed E-state index contributed by atoms with van der Waals surface area (Å²) in [5.41, 5.74) is 2.82. The van der Waals surface area contributed by atoms with E-state index in [0.29, 0.717) is 11.5 Å². The Hall–Kier alpha value is -1.31. The molecule has 0 saturated heterocycles. The zero-order chi connectivity index (χ0) is 13.8. The maximum absolute atomic E-state index is 11.4. The first-order chi connectivity index (χ1) is 9.11. The van der Waals surface area contributed by atoms with Crippen molar-refractivity contribution in [2.24, 2.45) is 5.84 Å². The molecule has 2 heterocycles. The first-order valence-electron chi connectivity index (χ1n) is 5.45. The quantitative estimate of drug-likeness (QED) is 0.386. The van der Waals surface area contributed by atoms with E-state index in [2.05, 4.69) is 26.3 Å². The molecule has 1 amide bonds. The Bertz CT molecular complexity index is 600. The molecule has 19 heavy (non-hydrogen) atoms. The number of halogens is 1. The molecule has 2 aromatic heterocycles. The number of aromatic nitrogens is 1. The third-order valence-corrected chi connectivity index (χ3v) is 4.31. The number of amides is 1. The molecule has 0 atom stereocenters. The minimum absolute atomic E-state index is 0.248. The van der Waals surface area contributed by atoms with Gasteiger partial charge in [-0.3, -0.25) is 10.2 Å². The summed E-state index contributed by atoms with van der Waals surface area (Å²) in [7, 11) is 0. The Morgan fingerprint density at radius 3 is 3.11 bits per heavy atom. The number of hydrogen-bond acceptors (Lipinski definition) is 5. The molecule has 2 rings (SSSR count). The molecule has 0 aliphatic rings. The van der Waals surface area contributed by atoms with Crippen molar-refractivity contribution in [2.75, 3.05) is 0 Å². The summed E-state index contributed by atoms with van der Waals surface area (Å²) < 4.78 is 6.41. The van der Waals surface area contributed by atoms with Crippen LogP contribution >= 0.6 is 27.7 Å². The number of nitrogens with zero attached hydrogens (tertiary/aromatic N) is 1. The highest BCUT2D eigenvalue weighted by Crippen LogP contribution is 2.28. The van der Waals surface area contributed by atoms with Crippen molar-refractivity contribution in [1.82, 2.24) is 10.4 Å². The molecule has 100 valence electrons. The van der Waals surface area contributed by atoms with Crippen molar-refractivity contribution in [1.29, 1.82) is 0 Å². The summed E-state index contributed by atoms with van der Waals surface area (Å²) >= 11 is 4.96. The van der Waals surface area contributed by atoms with Crippen LogP contribution in [0, 0.1) is 6.92 Å². The minimum Gasteiger partial charge on any atom is -0.455 e. The van der Waals surface area contributed by atoms with Gasteiger partial charge in [0.1, 0.15) is 10.8 Å². The fourth-order valence-corrected chi connectivity index (χ4v) is 2.89. The molecule has 0 fully saturated rings. The van der Waals surface area contributed by atoms with Crippen molar-refractivity contribution in [2.45, 2.75) is 17.7 Å². The Morgan fingerprint density at radius 1 is 1.63 bits per heavy atom. The second-order valence-electron chi connectivity index (χ2n) is 3.78. The van der Waals surface area contributed by atoms with Crippen molar-refractivity contribution in [3.8, 4) is 0 Å². The smallest absolute Gasteiger partial charge is 0.301 e. The van der Waals surface area contributed by atoms with E-state index in [-0.39, 0.29) is 5.76 Å². The van der Waals surface area contributed by atoms with Gasteiger partial charge in [-0.1, -0.05) is 11.8 Å². The lowest BCUT2D eigenvalue weighted by Crippen LogP contribution is -2.30. The standard InChI is InChI=1S/C12H12BrN3O2S/c1-7-5-8(18-10(7)11(17)16-14)6-19-12-9(13)3-2-4-15-12/h2-5H,6,14H2,1H3,(H,16,17). The summed E-state index contributed by atoms with van der Waals surface area (Å²) in [6, 6.07) is 5.61. The van der Waals surface area contributed by atoms with E-state index < -0.39 is 5.91 Å². The number of furan rings is 1. The van der Waals surface area contributed by atoms with E-state index in [9.17, 15) is 4.79 Å². The van der Waals surface area contributed by atoms with Crippen LogP contribution in [-0.2, 0) is 5.75 Å². The number of carbonyl (C=O) groups excluding carboxylic acids is 1. The lowest BCUT2D eigenvalue weighted by molar-refractivity contribution is 0.0923. The fourth-order valence-electron chi connectivity index (χ4n) is 1.53. The van der Waals surface area contributed by atoms with Crippen LogP contribution in [0.3, 0.4) is 0 Å². The van der Waals surface area contributed by atoms with Gasteiger partial charge in [-0.05, 0) is 41.1 Å². The number of hydrazine groups is 1. The van der Waals surface area contributed by atoms with Crippen LogP contribution in [0.5, 0.6) is 0 Å². The van der Waals surface area contributed by atoms with Crippen molar-refractivity contribution < 1.29 is 9.21 Å². The number of thioether (sulfide) groups is 1. The molecule has 0 aliphatic carbocycles. The van der Waals surface area contributed by atoms with Gasteiger partial charge in [0.25, 0.3) is 0 Å². The van der Waals surface area contributed by atoms with Gasteiger partial charge in [0.15, 0.2) is 5.76 Å². The molecule has 5 nitrogen and oxygen atoms in total. The van der Waals surface area contributed by atoms with Gasteiger partial charge in [0, 0.05) is 16.2 Å². The number of nitrogen functional groups attached to an aromatic ring is 1. The zero-order valence-electron chi connectivity index (χ0n) is 10.1. The predicted octanol–water partition coefficient (Wildman–Crippen LogP) is 2.64. The summed E-state index contributed by atoms with van der Waals surface area (Å²) in [5, 5.41) is 0.876. The monoisotopic (exact) mass is 341 g/mol. The highest BCUT2D eigenvalue weighted by Gasteiger charge is 2.15. The molecule has 0 radical (unpaired) electrons. The number of hydrogen-bond donors (Lipinski definition) is 2. The molecular weight excluding hydrogens is 330 g/mol. The van der Waals surface area contributed by atoms with Crippen LogP contribution in [0.1, 0.15) is 21.9 Å². The third kappa shape index (κ3) is 3.37. The third-order valence-electron chi connectivity index (χ3n) is 2.38. The summed E-state index contributed by atoms with van der Waals surface area (Å²) in [6.07, 6.45) is 1.73. The molecule has 0 bridgehead atoms.